The van der Waals surface area contributed by atoms with Gasteiger partial charge in [-0.05, 0) is 26.0 Å². The number of aryl methyl sites for hydroxylation is 2. The number of hydrogen-bond donors (Lipinski definition) is 1. The van der Waals surface area contributed by atoms with Crippen LogP contribution in [0.2, 0.25) is 0 Å². The molecule has 0 aliphatic carbocycles. The molecule has 0 spiro atoms. The molecule has 1 N–H and O–H groups in total. The van der Waals surface area contributed by atoms with Gasteiger partial charge in [-0.15, -0.1) is 11.3 Å². The Hall–Kier alpha value is -1.20. The molecule has 0 aliphatic heterocycles. The molecule has 0 bridgehead atoms. The van der Waals surface area contributed by atoms with Gasteiger partial charge >= 0.3 is 0 Å². The van der Waals surface area contributed by atoms with E-state index in [1.165, 1.54) is 10.6 Å². The standard InChI is InChI=1S/C12H18N4S/c1-4-6-13-11(10-5-7-15-16(10)3)12-9(2)14-8-17-12/h5,7-8,11,13H,4,6H2,1-3H3. The third kappa shape index (κ3) is 2.56. The van der Waals surface area contributed by atoms with Crippen LogP contribution in [0, 0.1) is 6.92 Å². The fourth-order valence-corrected chi connectivity index (χ4v) is 2.76. The van der Waals surface area contributed by atoms with Crippen LogP contribution in [0.4, 0.5) is 0 Å². The van der Waals surface area contributed by atoms with E-state index in [4.69, 9.17) is 0 Å². The lowest BCUT2D eigenvalue weighted by molar-refractivity contribution is 0.557. The van der Waals surface area contributed by atoms with Crippen LogP contribution in [-0.4, -0.2) is 21.3 Å². The lowest BCUT2D eigenvalue weighted by atomic mass is 10.1. The van der Waals surface area contributed by atoms with E-state index in [2.05, 4.69) is 35.3 Å². The molecule has 2 aromatic rings. The predicted octanol–water partition coefficient (Wildman–Crippen LogP) is 2.27. The first-order valence-electron chi connectivity index (χ1n) is 5.85. The van der Waals surface area contributed by atoms with Crippen molar-refractivity contribution in [1.29, 1.82) is 0 Å². The number of rotatable bonds is 5. The number of thiazole rings is 1. The first-order valence-corrected chi connectivity index (χ1v) is 6.73. The molecule has 4 nitrogen and oxygen atoms in total. The van der Waals surface area contributed by atoms with Crippen molar-refractivity contribution < 1.29 is 0 Å². The SMILES string of the molecule is CCCNC(c1scnc1C)c1ccnn1C. The van der Waals surface area contributed by atoms with Crippen LogP contribution in [0.5, 0.6) is 0 Å². The van der Waals surface area contributed by atoms with Crippen LogP contribution in [0.1, 0.15) is 35.7 Å². The summed E-state index contributed by atoms with van der Waals surface area (Å²) in [5.74, 6) is 0. The second-order valence-corrected chi connectivity index (χ2v) is 4.96. The minimum atomic E-state index is 0.204. The highest BCUT2D eigenvalue weighted by atomic mass is 32.1. The maximum Gasteiger partial charge on any atom is 0.0860 e. The average Bonchev–Trinajstić information content (AvgIpc) is 2.90. The first-order chi connectivity index (χ1) is 8.24. The van der Waals surface area contributed by atoms with E-state index < -0.39 is 0 Å². The zero-order chi connectivity index (χ0) is 12.3. The van der Waals surface area contributed by atoms with Gasteiger partial charge in [-0.2, -0.15) is 5.10 Å². The van der Waals surface area contributed by atoms with Crippen molar-refractivity contribution in [3.05, 3.63) is 34.0 Å². The van der Waals surface area contributed by atoms with Crippen LogP contribution in [0.25, 0.3) is 0 Å². The predicted molar refractivity (Wildman–Crippen MR) is 70.2 cm³/mol. The maximum absolute atomic E-state index is 4.33. The van der Waals surface area contributed by atoms with Crippen molar-refractivity contribution >= 4 is 11.3 Å². The van der Waals surface area contributed by atoms with Crippen molar-refractivity contribution in [3.63, 3.8) is 0 Å². The average molecular weight is 250 g/mol. The van der Waals surface area contributed by atoms with Gasteiger partial charge in [0, 0.05) is 13.2 Å². The summed E-state index contributed by atoms with van der Waals surface area (Å²) in [6.45, 7) is 5.23. The molecule has 17 heavy (non-hydrogen) atoms. The Balaban J connectivity index is 2.32. The topological polar surface area (TPSA) is 42.7 Å². The van der Waals surface area contributed by atoms with Gasteiger partial charge in [-0.1, -0.05) is 6.92 Å². The van der Waals surface area contributed by atoms with Gasteiger partial charge in [0.05, 0.1) is 27.8 Å². The van der Waals surface area contributed by atoms with Crippen LogP contribution in [0.3, 0.4) is 0 Å². The van der Waals surface area contributed by atoms with E-state index in [0.717, 1.165) is 18.7 Å². The second-order valence-electron chi connectivity index (χ2n) is 4.07. The van der Waals surface area contributed by atoms with Gasteiger partial charge in [0.25, 0.3) is 0 Å². The van der Waals surface area contributed by atoms with Gasteiger partial charge in [0.15, 0.2) is 0 Å². The van der Waals surface area contributed by atoms with Crippen molar-refractivity contribution in [1.82, 2.24) is 20.1 Å². The summed E-state index contributed by atoms with van der Waals surface area (Å²) in [6.07, 6.45) is 2.96. The van der Waals surface area contributed by atoms with Gasteiger partial charge in [-0.25, -0.2) is 4.98 Å². The number of nitrogens with zero attached hydrogens (tertiary/aromatic N) is 3. The van der Waals surface area contributed by atoms with Crippen LogP contribution in [0.15, 0.2) is 17.8 Å². The summed E-state index contributed by atoms with van der Waals surface area (Å²) in [7, 11) is 1.98. The number of hydrogen-bond acceptors (Lipinski definition) is 4. The van der Waals surface area contributed by atoms with Gasteiger partial charge in [0.1, 0.15) is 0 Å². The van der Waals surface area contributed by atoms with E-state index in [9.17, 15) is 0 Å². The molecule has 2 aromatic heterocycles. The minimum absolute atomic E-state index is 0.204. The monoisotopic (exact) mass is 250 g/mol. The molecule has 0 radical (unpaired) electrons. The molecule has 0 aliphatic rings. The zero-order valence-electron chi connectivity index (χ0n) is 10.5. The molecule has 0 aromatic carbocycles. The van der Waals surface area contributed by atoms with Crippen molar-refractivity contribution in [2.75, 3.05) is 6.54 Å². The molecule has 0 amide bonds. The maximum atomic E-state index is 4.33. The van der Waals surface area contributed by atoms with Crippen LogP contribution in [-0.2, 0) is 7.05 Å². The smallest absolute Gasteiger partial charge is 0.0860 e. The Kier molecular flexibility index (Phi) is 3.91. The highest BCUT2D eigenvalue weighted by Gasteiger charge is 2.20. The number of aromatic nitrogens is 3. The van der Waals surface area contributed by atoms with Crippen molar-refractivity contribution in [2.24, 2.45) is 7.05 Å². The van der Waals surface area contributed by atoms with E-state index in [1.807, 2.05) is 23.4 Å². The fourth-order valence-electron chi connectivity index (χ4n) is 1.88. The molecular weight excluding hydrogens is 232 g/mol. The summed E-state index contributed by atoms with van der Waals surface area (Å²) in [5, 5.41) is 7.81. The van der Waals surface area contributed by atoms with E-state index in [1.54, 1.807) is 11.3 Å². The van der Waals surface area contributed by atoms with Crippen LogP contribution < -0.4 is 5.32 Å². The number of nitrogens with one attached hydrogen (secondary N) is 1. The van der Waals surface area contributed by atoms with Gasteiger partial charge < -0.3 is 5.32 Å². The molecule has 1 atom stereocenters. The Morgan fingerprint density at radius 2 is 2.35 bits per heavy atom. The summed E-state index contributed by atoms with van der Waals surface area (Å²) in [4.78, 5) is 5.61. The Morgan fingerprint density at radius 3 is 2.88 bits per heavy atom. The molecule has 2 heterocycles. The fraction of sp³-hybridized carbons (Fsp3) is 0.500. The van der Waals surface area contributed by atoms with Gasteiger partial charge in [0.2, 0.25) is 0 Å². The Labute approximate surface area is 106 Å². The van der Waals surface area contributed by atoms with E-state index >= 15 is 0 Å². The Bertz CT molecular complexity index is 434. The van der Waals surface area contributed by atoms with E-state index in [0.29, 0.717) is 0 Å². The molecule has 0 saturated heterocycles. The summed E-state index contributed by atoms with van der Waals surface area (Å²) in [5.41, 5.74) is 4.19. The molecule has 92 valence electrons. The lowest BCUT2D eigenvalue weighted by Gasteiger charge is -2.18. The highest BCUT2D eigenvalue weighted by molar-refractivity contribution is 7.09. The highest BCUT2D eigenvalue weighted by Crippen LogP contribution is 2.27. The molecule has 0 fully saturated rings. The largest absolute Gasteiger partial charge is 0.304 e. The first kappa shape index (κ1) is 12.3. The quantitative estimate of drug-likeness (QED) is 0.885. The second kappa shape index (κ2) is 5.42. The van der Waals surface area contributed by atoms with Crippen molar-refractivity contribution in [2.45, 2.75) is 26.3 Å². The summed E-state index contributed by atoms with van der Waals surface area (Å²) >= 11 is 1.70. The summed E-state index contributed by atoms with van der Waals surface area (Å²) < 4.78 is 1.92. The molecule has 5 heteroatoms. The third-order valence-electron chi connectivity index (χ3n) is 2.80. The molecule has 1 unspecified atom stereocenters. The summed E-state index contributed by atoms with van der Waals surface area (Å²) in [6, 6.07) is 2.27. The van der Waals surface area contributed by atoms with Crippen molar-refractivity contribution in [3.8, 4) is 0 Å². The Morgan fingerprint density at radius 1 is 1.53 bits per heavy atom. The van der Waals surface area contributed by atoms with E-state index in [-0.39, 0.29) is 6.04 Å². The third-order valence-corrected chi connectivity index (χ3v) is 3.79. The normalized spacial score (nSPS) is 12.9. The molecular formula is C12H18N4S. The minimum Gasteiger partial charge on any atom is -0.304 e. The van der Waals surface area contributed by atoms with Crippen LogP contribution >= 0.6 is 11.3 Å². The van der Waals surface area contributed by atoms with Gasteiger partial charge in [-0.3, -0.25) is 4.68 Å². The molecule has 0 saturated carbocycles. The zero-order valence-corrected chi connectivity index (χ0v) is 11.3. The molecule has 2 rings (SSSR count). The lowest BCUT2D eigenvalue weighted by Crippen LogP contribution is -2.25.